The first-order chi connectivity index (χ1) is 20.4. The van der Waals surface area contributed by atoms with E-state index in [2.05, 4.69) is 42.0 Å². The Morgan fingerprint density at radius 3 is 2.47 bits per heavy atom. The van der Waals surface area contributed by atoms with Crippen molar-refractivity contribution in [1.82, 2.24) is 20.9 Å². The lowest BCUT2D eigenvalue weighted by Gasteiger charge is -2.39. The van der Waals surface area contributed by atoms with Crippen LogP contribution >= 0.6 is 23.2 Å². The smallest absolute Gasteiger partial charge is 0.317 e. The average Bonchev–Trinajstić information content (AvgIpc) is 3.27. The third-order valence-corrected chi connectivity index (χ3v) is 9.12. The molecule has 2 aliphatic rings. The summed E-state index contributed by atoms with van der Waals surface area (Å²) in [5.41, 5.74) is -0.178. The first-order valence-electron chi connectivity index (χ1n) is 14.8. The van der Waals surface area contributed by atoms with Gasteiger partial charge in [-0.2, -0.15) is 0 Å². The normalized spacial score (nSPS) is 24.5. The molecule has 4 N–H and O–H groups in total. The number of nitrogens with zero attached hydrogens (tertiary/aromatic N) is 1. The van der Waals surface area contributed by atoms with Crippen molar-refractivity contribution in [3.63, 3.8) is 0 Å². The molecule has 4 rings (SSSR count). The van der Waals surface area contributed by atoms with Gasteiger partial charge in [-0.3, -0.25) is 4.79 Å². The number of amides is 3. The summed E-state index contributed by atoms with van der Waals surface area (Å²) in [6.07, 6.45) is 2.54. The van der Waals surface area contributed by atoms with Crippen LogP contribution in [0.5, 0.6) is 0 Å². The average molecular weight is 635 g/mol. The van der Waals surface area contributed by atoms with Gasteiger partial charge in [-0.25, -0.2) is 9.18 Å². The number of rotatable bonds is 8. The summed E-state index contributed by atoms with van der Waals surface area (Å²) < 4.78 is 15.9. The van der Waals surface area contributed by atoms with Gasteiger partial charge in [0.15, 0.2) is 0 Å². The van der Waals surface area contributed by atoms with E-state index in [1.54, 1.807) is 42.3 Å². The summed E-state index contributed by atoms with van der Waals surface area (Å²) in [4.78, 5) is 41.9. The van der Waals surface area contributed by atoms with Crippen LogP contribution in [0, 0.1) is 11.2 Å². The number of halogens is 3. The molecule has 3 amide bonds. The molecule has 0 aromatic heterocycles. The van der Waals surface area contributed by atoms with Crippen LogP contribution in [0.15, 0.2) is 36.4 Å². The lowest BCUT2D eigenvalue weighted by atomic mass is 9.62. The van der Waals surface area contributed by atoms with E-state index in [9.17, 15) is 14.4 Å². The van der Waals surface area contributed by atoms with Crippen LogP contribution in [0.2, 0.25) is 10.0 Å². The van der Waals surface area contributed by atoms with Crippen LogP contribution in [0.1, 0.15) is 64.0 Å². The number of hydrogen-bond acceptors (Lipinski definition) is 5. The lowest BCUT2D eigenvalue weighted by molar-refractivity contribution is -0.124. The number of nitrogens with one attached hydrogen (secondary N) is 4. The fraction of sp³-hybridized carbons (Fsp3) is 0.531. The van der Waals surface area contributed by atoms with E-state index >= 15 is 4.39 Å². The molecule has 11 heteroatoms. The van der Waals surface area contributed by atoms with E-state index in [0.29, 0.717) is 55.2 Å². The molecule has 0 saturated carbocycles. The number of benzene rings is 2. The van der Waals surface area contributed by atoms with Gasteiger partial charge < -0.3 is 31.0 Å². The molecule has 2 aromatic rings. The maximum absolute atomic E-state index is 15.9. The highest BCUT2D eigenvalue weighted by Gasteiger charge is 2.60. The third-order valence-electron chi connectivity index (χ3n) is 8.59. The summed E-state index contributed by atoms with van der Waals surface area (Å²) >= 11 is 12.6. The zero-order valence-corrected chi connectivity index (χ0v) is 26.9. The first-order valence-corrected chi connectivity index (χ1v) is 15.6. The summed E-state index contributed by atoms with van der Waals surface area (Å²) in [5.74, 6) is -1.92. The minimum atomic E-state index is -1.36. The van der Waals surface area contributed by atoms with E-state index in [1.165, 1.54) is 6.07 Å². The van der Waals surface area contributed by atoms with Gasteiger partial charge in [-0.1, -0.05) is 62.2 Å². The minimum Gasteiger partial charge on any atom is -0.388 e. The Labute approximate surface area is 263 Å². The second kappa shape index (κ2) is 13.4. The Morgan fingerprint density at radius 1 is 1.16 bits per heavy atom. The van der Waals surface area contributed by atoms with Crippen molar-refractivity contribution in [3.8, 4) is 0 Å². The Kier molecular flexibility index (Phi) is 10.3. The standard InChI is InChI=1S/C32H42Cl2FN5O3/c1-6-37-30(43)40-14-12-20(13-15-40)38-29(42)28-26(21-8-7-9-23(34)27(21)35)32(18-41,25(39-28)17-31(2,3)4)22-11-10-19(33)16-24(22)36-5/h7-11,16,18,20,25-26,28,36,39H,6,12-15,17H2,1-5H3,(H,37,43)(H,38,42). The monoisotopic (exact) mass is 633 g/mol. The molecule has 4 atom stereocenters. The predicted octanol–water partition coefficient (Wildman–Crippen LogP) is 5.48. The number of carbonyl (C=O) groups excluding carboxylic acids is 3. The first kappa shape index (κ1) is 33.0. The Bertz CT molecular complexity index is 1340. The predicted molar refractivity (Wildman–Crippen MR) is 169 cm³/mol. The molecular weight excluding hydrogens is 592 g/mol. The van der Waals surface area contributed by atoms with E-state index < -0.39 is 29.2 Å². The second-order valence-corrected chi connectivity index (χ2v) is 13.5. The molecule has 4 unspecified atom stereocenters. The molecule has 0 radical (unpaired) electrons. The minimum absolute atomic E-state index is 0.0848. The number of urea groups is 1. The Hall–Kier alpha value is -2.88. The van der Waals surface area contributed by atoms with Crippen molar-refractivity contribution < 1.29 is 18.8 Å². The molecule has 2 saturated heterocycles. The van der Waals surface area contributed by atoms with Crippen molar-refractivity contribution in [3.05, 3.63) is 63.4 Å². The molecule has 0 aliphatic carbocycles. The van der Waals surface area contributed by atoms with Crippen LogP contribution in [0.3, 0.4) is 0 Å². The molecule has 8 nitrogen and oxygen atoms in total. The van der Waals surface area contributed by atoms with Gasteiger partial charge in [0, 0.05) is 55.4 Å². The maximum Gasteiger partial charge on any atom is 0.317 e. The second-order valence-electron chi connectivity index (χ2n) is 12.7. The molecule has 2 aliphatic heterocycles. The molecule has 2 aromatic carbocycles. The largest absolute Gasteiger partial charge is 0.388 e. The zero-order valence-electron chi connectivity index (χ0n) is 25.4. The number of anilines is 1. The number of likely N-dealkylation sites (tertiary alicyclic amines) is 1. The molecule has 2 heterocycles. The van der Waals surface area contributed by atoms with Gasteiger partial charge in [-0.15, -0.1) is 0 Å². The van der Waals surface area contributed by atoms with E-state index in [-0.39, 0.29) is 34.0 Å². The van der Waals surface area contributed by atoms with Crippen molar-refractivity contribution >= 4 is 47.1 Å². The number of piperidine rings is 1. The van der Waals surface area contributed by atoms with E-state index in [0.717, 1.165) is 6.29 Å². The van der Waals surface area contributed by atoms with Crippen molar-refractivity contribution in [2.24, 2.45) is 5.41 Å². The van der Waals surface area contributed by atoms with Crippen LogP contribution in [-0.4, -0.2) is 67.9 Å². The van der Waals surface area contributed by atoms with Gasteiger partial charge in [0.25, 0.3) is 0 Å². The highest BCUT2D eigenvalue weighted by Crippen LogP contribution is 2.53. The number of aldehydes is 1. The van der Waals surface area contributed by atoms with Crippen LogP contribution < -0.4 is 21.3 Å². The van der Waals surface area contributed by atoms with Crippen molar-refractivity contribution in [2.45, 2.75) is 76.4 Å². The quantitative estimate of drug-likeness (QED) is 0.288. The van der Waals surface area contributed by atoms with Gasteiger partial charge in [0.05, 0.1) is 16.5 Å². The number of hydrogen-bond donors (Lipinski definition) is 4. The van der Waals surface area contributed by atoms with E-state index in [1.807, 2.05) is 6.92 Å². The Balaban J connectivity index is 1.80. The molecule has 0 spiro atoms. The lowest BCUT2D eigenvalue weighted by Crippen LogP contribution is -2.53. The summed E-state index contributed by atoms with van der Waals surface area (Å²) in [5, 5.41) is 13.0. The molecular formula is C32H42Cl2FN5O3. The van der Waals surface area contributed by atoms with Crippen molar-refractivity contribution in [2.75, 3.05) is 32.0 Å². The maximum atomic E-state index is 15.9. The van der Waals surface area contributed by atoms with Crippen LogP contribution in [0.25, 0.3) is 0 Å². The fourth-order valence-corrected chi connectivity index (χ4v) is 7.02. The van der Waals surface area contributed by atoms with Gasteiger partial charge in [-0.05, 0) is 60.9 Å². The third kappa shape index (κ3) is 6.79. The number of carbonyl (C=O) groups is 3. The summed E-state index contributed by atoms with van der Waals surface area (Å²) in [6.45, 7) is 9.61. The molecule has 0 bridgehead atoms. The van der Waals surface area contributed by atoms with Gasteiger partial charge in [0.1, 0.15) is 12.1 Å². The highest BCUT2D eigenvalue weighted by molar-refractivity contribution is 6.31. The molecule has 2 fully saturated rings. The molecule has 234 valence electrons. The summed E-state index contributed by atoms with van der Waals surface area (Å²) in [6, 6.07) is 8.14. The topological polar surface area (TPSA) is 103 Å². The highest BCUT2D eigenvalue weighted by atomic mass is 35.5. The van der Waals surface area contributed by atoms with Crippen molar-refractivity contribution in [1.29, 1.82) is 0 Å². The van der Waals surface area contributed by atoms with Gasteiger partial charge in [0.2, 0.25) is 5.91 Å². The SMILES string of the molecule is CCNC(=O)N1CCC(NC(=O)C2NC(CC(C)(C)C)C(C=O)(c3ccc(Cl)cc3NC)C2c2cccc(Cl)c2F)CC1. The van der Waals surface area contributed by atoms with E-state index in [4.69, 9.17) is 23.2 Å². The zero-order chi connectivity index (χ0) is 31.5. The van der Waals surface area contributed by atoms with Crippen LogP contribution in [0.4, 0.5) is 14.9 Å². The molecule has 43 heavy (non-hydrogen) atoms. The Morgan fingerprint density at radius 2 is 1.86 bits per heavy atom. The fourth-order valence-electron chi connectivity index (χ4n) is 6.66. The van der Waals surface area contributed by atoms with Gasteiger partial charge >= 0.3 is 6.03 Å². The van der Waals surface area contributed by atoms with Crippen LogP contribution in [-0.2, 0) is 15.0 Å². The summed E-state index contributed by atoms with van der Waals surface area (Å²) in [7, 11) is 1.74.